The molecule has 0 bridgehead atoms. The van der Waals surface area contributed by atoms with E-state index in [0.29, 0.717) is 18.1 Å². The third-order valence-corrected chi connectivity index (χ3v) is 3.84. The first-order chi connectivity index (χ1) is 12.0. The minimum Gasteiger partial charge on any atom is -0.490 e. The average molecular weight is 383 g/mol. The van der Waals surface area contributed by atoms with E-state index in [-0.39, 0.29) is 22.2 Å². The minimum atomic E-state index is -0.587. The quantitative estimate of drug-likeness (QED) is 0.751. The molecule has 2 rings (SSSR count). The molecule has 0 aromatic heterocycles. The zero-order chi connectivity index (χ0) is 18.2. The van der Waals surface area contributed by atoms with Gasteiger partial charge in [0.15, 0.2) is 18.1 Å². The summed E-state index contributed by atoms with van der Waals surface area (Å²) < 4.78 is 10.8. The highest BCUT2D eigenvalue weighted by atomic mass is 35.5. The fourth-order valence-corrected chi connectivity index (χ4v) is 2.28. The molecule has 2 amide bonds. The van der Waals surface area contributed by atoms with Gasteiger partial charge in [0.05, 0.1) is 22.2 Å². The van der Waals surface area contributed by atoms with E-state index in [4.69, 9.17) is 32.7 Å². The lowest BCUT2D eigenvalue weighted by atomic mass is 10.2. The molecule has 2 N–H and O–H groups in total. The minimum absolute atomic E-state index is 0.109. The summed E-state index contributed by atoms with van der Waals surface area (Å²) >= 11 is 11.8. The molecule has 8 heteroatoms. The Labute approximate surface area is 155 Å². The zero-order valence-electron chi connectivity index (χ0n) is 13.3. The standard InChI is InChI=1S/C17H16Cl2N2O4/c1-2-24-13-8-3-4-9-14(13)25-10-15(22)20-21-17(23)11-6-5-7-12(18)16(11)19/h3-9H,2,10H2,1H3,(H,20,22)(H,21,23). The molecule has 0 aliphatic rings. The molecule has 0 spiro atoms. The van der Waals surface area contributed by atoms with Crippen molar-refractivity contribution >= 4 is 35.0 Å². The second-order valence-electron chi connectivity index (χ2n) is 4.77. The Morgan fingerprint density at radius 2 is 1.64 bits per heavy atom. The summed E-state index contributed by atoms with van der Waals surface area (Å²) in [5, 5.41) is 0.356. The number of amides is 2. The van der Waals surface area contributed by atoms with Gasteiger partial charge in [-0.05, 0) is 31.2 Å². The number of halogens is 2. The van der Waals surface area contributed by atoms with Crippen LogP contribution in [0.5, 0.6) is 11.5 Å². The molecule has 0 radical (unpaired) electrons. The fraction of sp³-hybridized carbons (Fsp3) is 0.176. The van der Waals surface area contributed by atoms with E-state index >= 15 is 0 Å². The van der Waals surface area contributed by atoms with Crippen molar-refractivity contribution in [2.75, 3.05) is 13.2 Å². The Balaban J connectivity index is 1.87. The van der Waals surface area contributed by atoms with Gasteiger partial charge in [0.25, 0.3) is 11.8 Å². The first-order valence-electron chi connectivity index (χ1n) is 7.40. The van der Waals surface area contributed by atoms with Crippen molar-refractivity contribution in [3.05, 3.63) is 58.1 Å². The predicted molar refractivity (Wildman–Crippen MR) is 95.2 cm³/mol. The maximum atomic E-state index is 12.0. The molecule has 25 heavy (non-hydrogen) atoms. The zero-order valence-corrected chi connectivity index (χ0v) is 14.9. The molecule has 0 aliphatic carbocycles. The molecule has 0 heterocycles. The van der Waals surface area contributed by atoms with Crippen LogP contribution < -0.4 is 20.3 Å². The molecule has 0 fully saturated rings. The van der Waals surface area contributed by atoms with Gasteiger partial charge in [-0.2, -0.15) is 0 Å². The van der Waals surface area contributed by atoms with Crippen LogP contribution in [0.1, 0.15) is 17.3 Å². The predicted octanol–water partition coefficient (Wildman–Crippen LogP) is 3.23. The smallest absolute Gasteiger partial charge is 0.276 e. The Morgan fingerprint density at radius 3 is 2.32 bits per heavy atom. The third-order valence-electron chi connectivity index (χ3n) is 3.02. The lowest BCUT2D eigenvalue weighted by molar-refractivity contribution is -0.123. The van der Waals surface area contributed by atoms with Crippen LogP contribution in [-0.4, -0.2) is 25.0 Å². The number of hydrogen-bond acceptors (Lipinski definition) is 4. The van der Waals surface area contributed by atoms with E-state index < -0.39 is 11.8 Å². The highest BCUT2D eigenvalue weighted by Gasteiger charge is 2.14. The number of hydrazine groups is 1. The Hall–Kier alpha value is -2.44. The molecule has 0 atom stereocenters. The number of para-hydroxylation sites is 2. The maximum absolute atomic E-state index is 12.0. The molecule has 132 valence electrons. The summed E-state index contributed by atoms with van der Waals surface area (Å²) in [6, 6.07) is 11.6. The highest BCUT2D eigenvalue weighted by molar-refractivity contribution is 6.43. The number of nitrogens with one attached hydrogen (secondary N) is 2. The summed E-state index contributed by atoms with van der Waals surface area (Å²) in [4.78, 5) is 23.8. The number of rotatable bonds is 6. The van der Waals surface area contributed by atoms with E-state index in [1.807, 2.05) is 6.92 Å². The van der Waals surface area contributed by atoms with Gasteiger partial charge in [-0.25, -0.2) is 0 Å². The molecular weight excluding hydrogens is 367 g/mol. The summed E-state index contributed by atoms with van der Waals surface area (Å²) in [6.45, 7) is 2.02. The van der Waals surface area contributed by atoms with Gasteiger partial charge in [-0.15, -0.1) is 0 Å². The second kappa shape index (κ2) is 9.15. The number of ether oxygens (including phenoxy) is 2. The van der Waals surface area contributed by atoms with Crippen LogP contribution in [0.25, 0.3) is 0 Å². The molecular formula is C17H16Cl2N2O4. The molecule has 2 aromatic carbocycles. The molecule has 0 saturated carbocycles. The first kappa shape index (κ1) is 18.9. The lowest BCUT2D eigenvalue weighted by Gasteiger charge is -2.12. The maximum Gasteiger partial charge on any atom is 0.276 e. The van der Waals surface area contributed by atoms with Crippen LogP contribution in [0.4, 0.5) is 0 Å². The van der Waals surface area contributed by atoms with Crippen LogP contribution in [0.2, 0.25) is 10.0 Å². The van der Waals surface area contributed by atoms with Gasteiger partial charge < -0.3 is 9.47 Å². The van der Waals surface area contributed by atoms with E-state index in [9.17, 15) is 9.59 Å². The first-order valence-corrected chi connectivity index (χ1v) is 8.16. The van der Waals surface area contributed by atoms with Crippen LogP contribution in [-0.2, 0) is 4.79 Å². The number of carbonyl (C=O) groups is 2. The largest absolute Gasteiger partial charge is 0.490 e. The monoisotopic (exact) mass is 382 g/mol. The molecule has 0 saturated heterocycles. The average Bonchev–Trinajstić information content (AvgIpc) is 2.61. The Bertz CT molecular complexity index is 768. The molecule has 6 nitrogen and oxygen atoms in total. The van der Waals surface area contributed by atoms with E-state index in [1.165, 1.54) is 6.07 Å². The van der Waals surface area contributed by atoms with Crippen LogP contribution in [0.3, 0.4) is 0 Å². The van der Waals surface area contributed by atoms with Crippen molar-refractivity contribution in [1.82, 2.24) is 10.9 Å². The topological polar surface area (TPSA) is 76.7 Å². The summed E-state index contributed by atoms with van der Waals surface area (Å²) in [7, 11) is 0. The van der Waals surface area contributed by atoms with Gasteiger partial charge >= 0.3 is 0 Å². The second-order valence-corrected chi connectivity index (χ2v) is 5.56. The van der Waals surface area contributed by atoms with E-state index in [2.05, 4.69) is 10.9 Å². The van der Waals surface area contributed by atoms with Gasteiger partial charge in [-0.3, -0.25) is 20.4 Å². The van der Waals surface area contributed by atoms with Crippen molar-refractivity contribution in [2.45, 2.75) is 6.92 Å². The van der Waals surface area contributed by atoms with Crippen molar-refractivity contribution in [3.8, 4) is 11.5 Å². The number of benzene rings is 2. The van der Waals surface area contributed by atoms with Crippen molar-refractivity contribution < 1.29 is 19.1 Å². The molecule has 0 unspecified atom stereocenters. The third kappa shape index (κ3) is 5.27. The van der Waals surface area contributed by atoms with Crippen LogP contribution in [0, 0.1) is 0 Å². The summed E-state index contributed by atoms with van der Waals surface area (Å²) in [5.74, 6) is -0.162. The van der Waals surface area contributed by atoms with Gasteiger partial charge in [0.1, 0.15) is 0 Å². The fourth-order valence-electron chi connectivity index (χ4n) is 1.90. The number of carbonyl (C=O) groups excluding carboxylic acids is 2. The van der Waals surface area contributed by atoms with Gasteiger partial charge in [-0.1, -0.05) is 41.4 Å². The summed E-state index contributed by atoms with van der Waals surface area (Å²) in [6.07, 6.45) is 0. The van der Waals surface area contributed by atoms with Crippen LogP contribution in [0.15, 0.2) is 42.5 Å². The summed E-state index contributed by atoms with van der Waals surface area (Å²) in [5.41, 5.74) is 4.64. The van der Waals surface area contributed by atoms with Crippen molar-refractivity contribution in [2.24, 2.45) is 0 Å². The van der Waals surface area contributed by atoms with E-state index in [1.54, 1.807) is 36.4 Å². The van der Waals surface area contributed by atoms with Crippen molar-refractivity contribution in [3.63, 3.8) is 0 Å². The highest BCUT2D eigenvalue weighted by Crippen LogP contribution is 2.26. The Kier molecular flexibility index (Phi) is 6.91. The number of hydrogen-bond donors (Lipinski definition) is 2. The van der Waals surface area contributed by atoms with E-state index in [0.717, 1.165) is 0 Å². The SMILES string of the molecule is CCOc1ccccc1OCC(=O)NNC(=O)c1cccc(Cl)c1Cl. The van der Waals surface area contributed by atoms with Crippen molar-refractivity contribution in [1.29, 1.82) is 0 Å². The molecule has 2 aromatic rings. The Morgan fingerprint density at radius 1 is 0.960 bits per heavy atom. The van der Waals surface area contributed by atoms with Crippen LogP contribution >= 0.6 is 23.2 Å². The van der Waals surface area contributed by atoms with Gasteiger partial charge in [0, 0.05) is 0 Å². The molecule has 0 aliphatic heterocycles. The lowest BCUT2D eigenvalue weighted by Crippen LogP contribution is -2.43. The normalized spacial score (nSPS) is 10.0. The van der Waals surface area contributed by atoms with Gasteiger partial charge in [0.2, 0.25) is 0 Å².